The molecule has 0 saturated heterocycles. The van der Waals surface area contributed by atoms with Gasteiger partial charge in [0.1, 0.15) is 23.4 Å². The van der Waals surface area contributed by atoms with Crippen LogP contribution in [-0.4, -0.2) is 13.1 Å². The van der Waals surface area contributed by atoms with Crippen LogP contribution in [-0.2, 0) is 4.79 Å². The molecular formula is C20H22FNO3. The molecule has 2 aromatic rings. The first-order valence-electron chi connectivity index (χ1n) is 8.10. The van der Waals surface area contributed by atoms with Crippen molar-refractivity contribution in [1.82, 2.24) is 0 Å². The van der Waals surface area contributed by atoms with Crippen LogP contribution in [0.1, 0.15) is 37.3 Å². The minimum atomic E-state index is -0.697. The molecule has 0 amide bonds. The van der Waals surface area contributed by atoms with E-state index in [0.29, 0.717) is 0 Å². The Morgan fingerprint density at radius 3 is 2.36 bits per heavy atom. The number of hydrogen-bond acceptors (Lipinski definition) is 4. The van der Waals surface area contributed by atoms with E-state index < -0.39 is 5.82 Å². The van der Waals surface area contributed by atoms with Gasteiger partial charge in [-0.25, -0.2) is 4.39 Å². The number of carbonyl (C=O) groups is 1. The first kappa shape index (κ1) is 20.2. The van der Waals surface area contributed by atoms with Gasteiger partial charge in [-0.3, -0.25) is 4.79 Å². The van der Waals surface area contributed by atoms with Gasteiger partial charge in [0.2, 0.25) is 0 Å². The second-order valence-electron chi connectivity index (χ2n) is 5.34. The normalized spacial score (nSPS) is 9.36. The SMILES string of the molecule is CCCCCOc1ccc(C)cc1.N#Cc1ccc(OC=O)cc1F. The van der Waals surface area contributed by atoms with Gasteiger partial charge in [0.15, 0.2) is 0 Å². The molecule has 0 spiro atoms. The van der Waals surface area contributed by atoms with E-state index in [9.17, 15) is 9.18 Å². The number of benzene rings is 2. The topological polar surface area (TPSA) is 59.3 Å². The quantitative estimate of drug-likeness (QED) is 0.535. The molecule has 0 fully saturated rings. The summed E-state index contributed by atoms with van der Waals surface area (Å²) in [6, 6.07) is 13.4. The molecule has 4 nitrogen and oxygen atoms in total. The van der Waals surface area contributed by atoms with Crippen LogP contribution in [0.25, 0.3) is 0 Å². The predicted molar refractivity (Wildman–Crippen MR) is 94.0 cm³/mol. The van der Waals surface area contributed by atoms with Crippen molar-refractivity contribution in [3.05, 3.63) is 59.4 Å². The maximum absolute atomic E-state index is 12.8. The minimum absolute atomic E-state index is 0.0757. The summed E-state index contributed by atoms with van der Waals surface area (Å²) >= 11 is 0. The lowest BCUT2D eigenvalue weighted by molar-refractivity contribution is -0.120. The lowest BCUT2D eigenvalue weighted by Gasteiger charge is -2.05. The average Bonchev–Trinajstić information content (AvgIpc) is 2.61. The molecule has 0 radical (unpaired) electrons. The second kappa shape index (κ2) is 11.6. The summed E-state index contributed by atoms with van der Waals surface area (Å²) in [5.41, 5.74) is 1.20. The maximum atomic E-state index is 12.8. The van der Waals surface area contributed by atoms with Crippen molar-refractivity contribution >= 4 is 6.47 Å². The summed E-state index contributed by atoms with van der Waals surface area (Å²) in [6.07, 6.45) is 3.66. The Morgan fingerprint density at radius 2 is 1.80 bits per heavy atom. The highest BCUT2D eigenvalue weighted by molar-refractivity contribution is 5.46. The van der Waals surface area contributed by atoms with Gasteiger partial charge in [-0.1, -0.05) is 37.5 Å². The monoisotopic (exact) mass is 343 g/mol. The summed E-state index contributed by atoms with van der Waals surface area (Å²) in [7, 11) is 0. The van der Waals surface area contributed by atoms with Crippen molar-refractivity contribution in [2.75, 3.05) is 6.61 Å². The van der Waals surface area contributed by atoms with Gasteiger partial charge in [0.25, 0.3) is 6.47 Å². The van der Waals surface area contributed by atoms with Gasteiger partial charge < -0.3 is 9.47 Å². The van der Waals surface area contributed by atoms with Crippen LogP contribution < -0.4 is 9.47 Å². The van der Waals surface area contributed by atoms with Crippen LogP contribution in [0, 0.1) is 24.1 Å². The van der Waals surface area contributed by atoms with E-state index >= 15 is 0 Å². The Kier molecular flexibility index (Phi) is 9.39. The molecule has 0 aliphatic rings. The number of ether oxygens (including phenoxy) is 2. The summed E-state index contributed by atoms with van der Waals surface area (Å²) in [5, 5.41) is 8.34. The van der Waals surface area contributed by atoms with Crippen molar-refractivity contribution in [1.29, 1.82) is 5.26 Å². The van der Waals surface area contributed by atoms with Gasteiger partial charge in [0, 0.05) is 6.07 Å². The molecule has 0 N–H and O–H groups in total. The summed E-state index contributed by atoms with van der Waals surface area (Å²) in [6.45, 7) is 5.32. The molecule has 0 heterocycles. The number of aryl methyl sites for hydroxylation is 1. The maximum Gasteiger partial charge on any atom is 0.298 e. The molecule has 25 heavy (non-hydrogen) atoms. The summed E-state index contributed by atoms with van der Waals surface area (Å²) in [5.74, 6) is 0.375. The van der Waals surface area contributed by atoms with E-state index in [1.807, 2.05) is 12.1 Å². The molecule has 0 atom stereocenters. The first-order chi connectivity index (χ1) is 12.1. The Morgan fingerprint density at radius 1 is 1.12 bits per heavy atom. The largest absolute Gasteiger partial charge is 0.494 e. The second-order valence-corrected chi connectivity index (χ2v) is 5.34. The van der Waals surface area contributed by atoms with Crippen LogP contribution in [0.4, 0.5) is 4.39 Å². The predicted octanol–water partition coefficient (Wildman–Crippen LogP) is 4.80. The van der Waals surface area contributed by atoms with Gasteiger partial charge in [-0.2, -0.15) is 5.26 Å². The number of carbonyl (C=O) groups excluding carboxylic acids is 1. The highest BCUT2D eigenvalue weighted by Crippen LogP contribution is 2.15. The molecule has 0 bridgehead atoms. The van der Waals surface area contributed by atoms with Crippen molar-refractivity contribution < 1.29 is 18.7 Å². The number of rotatable bonds is 7. The number of unbranched alkanes of at least 4 members (excludes halogenated alkanes) is 2. The molecular weight excluding hydrogens is 321 g/mol. The third-order valence-electron chi connectivity index (χ3n) is 3.28. The average molecular weight is 343 g/mol. The Hall–Kier alpha value is -2.87. The zero-order chi connectivity index (χ0) is 18.5. The van der Waals surface area contributed by atoms with Gasteiger partial charge in [-0.05, 0) is 37.6 Å². The van der Waals surface area contributed by atoms with E-state index in [4.69, 9.17) is 10.00 Å². The zero-order valence-electron chi connectivity index (χ0n) is 14.5. The van der Waals surface area contributed by atoms with Crippen LogP contribution in [0.3, 0.4) is 0 Å². The van der Waals surface area contributed by atoms with E-state index in [0.717, 1.165) is 24.8 Å². The van der Waals surface area contributed by atoms with Gasteiger partial charge in [0.05, 0.1) is 12.2 Å². The first-order valence-corrected chi connectivity index (χ1v) is 8.10. The van der Waals surface area contributed by atoms with Gasteiger partial charge in [-0.15, -0.1) is 0 Å². The van der Waals surface area contributed by atoms with Crippen molar-refractivity contribution in [3.8, 4) is 17.6 Å². The number of nitrogens with zero attached hydrogens (tertiary/aromatic N) is 1. The lowest BCUT2D eigenvalue weighted by Crippen LogP contribution is -1.96. The number of nitriles is 1. The highest BCUT2D eigenvalue weighted by atomic mass is 19.1. The zero-order valence-corrected chi connectivity index (χ0v) is 14.5. The molecule has 0 aromatic heterocycles. The minimum Gasteiger partial charge on any atom is -0.494 e. The fourth-order valence-corrected chi connectivity index (χ4v) is 1.89. The Balaban J connectivity index is 0.000000251. The third-order valence-corrected chi connectivity index (χ3v) is 3.28. The van der Waals surface area contributed by atoms with Crippen molar-refractivity contribution in [2.45, 2.75) is 33.1 Å². The van der Waals surface area contributed by atoms with Crippen LogP contribution in [0.5, 0.6) is 11.5 Å². The van der Waals surface area contributed by atoms with Crippen LogP contribution >= 0.6 is 0 Å². The van der Waals surface area contributed by atoms with E-state index in [2.05, 4.69) is 30.7 Å². The van der Waals surface area contributed by atoms with Crippen LogP contribution in [0.2, 0.25) is 0 Å². The molecule has 0 aliphatic carbocycles. The van der Waals surface area contributed by atoms with Crippen LogP contribution in [0.15, 0.2) is 42.5 Å². The molecule has 0 aliphatic heterocycles. The highest BCUT2D eigenvalue weighted by Gasteiger charge is 2.02. The summed E-state index contributed by atoms with van der Waals surface area (Å²) < 4.78 is 22.7. The summed E-state index contributed by atoms with van der Waals surface area (Å²) in [4.78, 5) is 9.83. The fourth-order valence-electron chi connectivity index (χ4n) is 1.89. The van der Waals surface area contributed by atoms with E-state index in [1.54, 1.807) is 6.07 Å². The third kappa shape index (κ3) is 7.98. The molecule has 5 heteroatoms. The fraction of sp³-hybridized carbons (Fsp3) is 0.300. The smallest absolute Gasteiger partial charge is 0.298 e. The standard InChI is InChI=1S/C12H18O.C8H4FNO2/c1-3-4-5-10-13-12-8-6-11(2)7-9-12;9-8-3-7(12-5-11)2-1-6(8)4-10/h6-9H,3-5,10H2,1-2H3;1-3,5H. The van der Waals surface area contributed by atoms with E-state index in [-0.39, 0.29) is 17.8 Å². The Bertz CT molecular complexity index is 693. The lowest BCUT2D eigenvalue weighted by atomic mass is 10.2. The van der Waals surface area contributed by atoms with E-state index in [1.165, 1.54) is 30.5 Å². The Labute approximate surface area is 147 Å². The van der Waals surface area contributed by atoms with Crippen molar-refractivity contribution in [3.63, 3.8) is 0 Å². The number of hydrogen-bond donors (Lipinski definition) is 0. The number of halogens is 1. The molecule has 0 unspecified atom stereocenters. The molecule has 132 valence electrons. The molecule has 2 aromatic carbocycles. The van der Waals surface area contributed by atoms with Crippen molar-refractivity contribution in [2.24, 2.45) is 0 Å². The molecule has 0 saturated carbocycles. The van der Waals surface area contributed by atoms with Gasteiger partial charge >= 0.3 is 0 Å². The molecule has 2 rings (SSSR count).